The highest BCUT2D eigenvalue weighted by molar-refractivity contribution is 5.98. The van der Waals surface area contributed by atoms with Crippen molar-refractivity contribution >= 4 is 23.4 Å². The Morgan fingerprint density at radius 1 is 1.19 bits per heavy atom. The molecule has 1 aromatic heterocycles. The Bertz CT molecular complexity index is 1070. The maximum Gasteiger partial charge on any atom is 0.274 e. The Labute approximate surface area is 210 Å². The van der Waals surface area contributed by atoms with E-state index in [1.165, 1.54) is 25.7 Å². The summed E-state index contributed by atoms with van der Waals surface area (Å²) in [5, 5.41) is 2.72. The van der Waals surface area contributed by atoms with E-state index in [1.54, 1.807) is 42.2 Å². The van der Waals surface area contributed by atoms with Gasteiger partial charge in [0.05, 0.1) is 23.9 Å². The van der Waals surface area contributed by atoms with Crippen molar-refractivity contribution in [3.05, 3.63) is 48.0 Å². The van der Waals surface area contributed by atoms with Crippen molar-refractivity contribution in [2.45, 2.75) is 26.0 Å². The molecule has 36 heavy (non-hydrogen) atoms. The number of fused-ring (bicyclic) bond motifs is 1. The van der Waals surface area contributed by atoms with Crippen LogP contribution in [0.25, 0.3) is 0 Å². The van der Waals surface area contributed by atoms with Crippen LogP contribution in [0, 0.1) is 5.92 Å². The van der Waals surface area contributed by atoms with Gasteiger partial charge in [-0.3, -0.25) is 19.4 Å². The molecule has 194 valence electrons. The SMILES string of the molecule is COCC(=O)Nc1ccc2c(c1)OC[C@H](C)N(C(=O)c1cnccn1)C[C@H](C)[C@@H](OC)CN(C)C2=O. The van der Waals surface area contributed by atoms with E-state index < -0.39 is 0 Å². The number of hydrogen-bond donors (Lipinski definition) is 1. The highest BCUT2D eigenvalue weighted by Crippen LogP contribution is 2.27. The number of anilines is 1. The number of rotatable bonds is 5. The Hall–Kier alpha value is -3.57. The number of methoxy groups -OCH3 is 2. The van der Waals surface area contributed by atoms with Crippen LogP contribution in [-0.4, -0.2) is 97.2 Å². The number of ether oxygens (including phenoxy) is 3. The Morgan fingerprint density at radius 3 is 2.64 bits per heavy atom. The van der Waals surface area contributed by atoms with Gasteiger partial charge in [0.2, 0.25) is 5.91 Å². The number of nitrogens with zero attached hydrogens (tertiary/aromatic N) is 4. The molecule has 3 atom stereocenters. The van der Waals surface area contributed by atoms with Gasteiger partial charge in [0.25, 0.3) is 11.8 Å². The third-order valence-corrected chi connectivity index (χ3v) is 6.05. The molecular formula is C25H33N5O6. The number of aromatic nitrogens is 2. The summed E-state index contributed by atoms with van der Waals surface area (Å²) in [6.07, 6.45) is 4.10. The van der Waals surface area contributed by atoms with Gasteiger partial charge < -0.3 is 29.3 Å². The molecule has 0 saturated heterocycles. The molecule has 1 aliphatic heterocycles. The van der Waals surface area contributed by atoms with Crippen LogP contribution in [0.1, 0.15) is 34.7 Å². The van der Waals surface area contributed by atoms with E-state index in [4.69, 9.17) is 14.2 Å². The van der Waals surface area contributed by atoms with Crippen LogP contribution < -0.4 is 10.1 Å². The number of nitrogens with one attached hydrogen (secondary N) is 1. The maximum absolute atomic E-state index is 13.4. The van der Waals surface area contributed by atoms with E-state index in [0.29, 0.717) is 30.1 Å². The fourth-order valence-electron chi connectivity index (χ4n) is 4.02. The fourth-order valence-corrected chi connectivity index (χ4v) is 4.02. The van der Waals surface area contributed by atoms with Crippen molar-refractivity contribution in [2.24, 2.45) is 5.92 Å². The number of likely N-dealkylation sites (N-methyl/N-ethyl adjacent to an activating group) is 1. The van der Waals surface area contributed by atoms with Crippen LogP contribution in [0.15, 0.2) is 36.8 Å². The monoisotopic (exact) mass is 499 g/mol. The first-order valence-electron chi connectivity index (χ1n) is 11.7. The van der Waals surface area contributed by atoms with Crippen LogP contribution >= 0.6 is 0 Å². The summed E-state index contributed by atoms with van der Waals surface area (Å²) in [5.41, 5.74) is 1.03. The minimum Gasteiger partial charge on any atom is -0.491 e. The van der Waals surface area contributed by atoms with Crippen molar-refractivity contribution in [3.8, 4) is 5.75 Å². The zero-order chi connectivity index (χ0) is 26.2. The molecule has 11 nitrogen and oxygen atoms in total. The molecule has 0 aliphatic carbocycles. The fraction of sp³-hybridized carbons (Fsp3) is 0.480. The first-order chi connectivity index (χ1) is 17.2. The number of carbonyl (C=O) groups excluding carboxylic acids is 3. The van der Waals surface area contributed by atoms with Crippen molar-refractivity contribution in [1.82, 2.24) is 19.8 Å². The third-order valence-electron chi connectivity index (χ3n) is 6.05. The second-order valence-corrected chi connectivity index (χ2v) is 8.84. The predicted octanol–water partition coefficient (Wildman–Crippen LogP) is 1.71. The lowest BCUT2D eigenvalue weighted by molar-refractivity contribution is -0.119. The molecule has 3 rings (SSSR count). The number of carbonyl (C=O) groups is 3. The van der Waals surface area contributed by atoms with E-state index in [2.05, 4.69) is 15.3 Å². The van der Waals surface area contributed by atoms with E-state index in [9.17, 15) is 14.4 Å². The smallest absolute Gasteiger partial charge is 0.274 e. The summed E-state index contributed by atoms with van der Waals surface area (Å²) in [5.74, 6) is -0.646. The molecule has 2 aromatic rings. The molecule has 11 heteroatoms. The van der Waals surface area contributed by atoms with Crippen molar-refractivity contribution in [3.63, 3.8) is 0 Å². The van der Waals surface area contributed by atoms with Crippen LogP contribution in [0.5, 0.6) is 5.75 Å². The zero-order valence-electron chi connectivity index (χ0n) is 21.3. The van der Waals surface area contributed by atoms with Gasteiger partial charge in [-0.05, 0) is 19.1 Å². The van der Waals surface area contributed by atoms with Crippen molar-refractivity contribution in [2.75, 3.05) is 52.9 Å². The van der Waals surface area contributed by atoms with Gasteiger partial charge >= 0.3 is 0 Å². The summed E-state index contributed by atoms with van der Waals surface area (Å²) in [4.78, 5) is 50.1. The Kier molecular flexibility index (Phi) is 9.31. The molecular weight excluding hydrogens is 466 g/mol. The van der Waals surface area contributed by atoms with E-state index >= 15 is 0 Å². The molecule has 1 N–H and O–H groups in total. The van der Waals surface area contributed by atoms with E-state index in [1.807, 2.05) is 13.8 Å². The van der Waals surface area contributed by atoms with Gasteiger partial charge in [-0.2, -0.15) is 0 Å². The van der Waals surface area contributed by atoms with E-state index in [-0.39, 0.29) is 54.7 Å². The molecule has 3 amide bonds. The summed E-state index contributed by atoms with van der Waals surface area (Å²) in [7, 11) is 4.71. The molecule has 0 bridgehead atoms. The van der Waals surface area contributed by atoms with Crippen LogP contribution in [-0.2, 0) is 14.3 Å². The first-order valence-corrected chi connectivity index (χ1v) is 11.7. The molecule has 1 aliphatic rings. The summed E-state index contributed by atoms with van der Waals surface area (Å²) < 4.78 is 16.7. The normalized spacial score (nSPS) is 21.0. The summed E-state index contributed by atoms with van der Waals surface area (Å²) in [6.45, 7) is 4.52. The minimum atomic E-state index is -0.369. The van der Waals surface area contributed by atoms with E-state index in [0.717, 1.165) is 0 Å². The van der Waals surface area contributed by atoms with Gasteiger partial charge in [0.1, 0.15) is 24.7 Å². The largest absolute Gasteiger partial charge is 0.491 e. The highest BCUT2D eigenvalue weighted by atomic mass is 16.5. The average Bonchev–Trinajstić information content (AvgIpc) is 2.88. The molecule has 0 spiro atoms. The second-order valence-electron chi connectivity index (χ2n) is 8.84. The van der Waals surface area contributed by atoms with Crippen LogP contribution in [0.2, 0.25) is 0 Å². The van der Waals surface area contributed by atoms with Gasteiger partial charge in [-0.25, -0.2) is 4.98 Å². The number of amides is 3. The molecule has 0 radical (unpaired) electrons. The second kappa shape index (κ2) is 12.4. The van der Waals surface area contributed by atoms with Crippen molar-refractivity contribution < 1.29 is 28.6 Å². The predicted molar refractivity (Wildman–Crippen MR) is 132 cm³/mol. The first kappa shape index (κ1) is 27.0. The highest BCUT2D eigenvalue weighted by Gasteiger charge is 2.31. The molecule has 0 unspecified atom stereocenters. The third kappa shape index (κ3) is 6.55. The Morgan fingerprint density at radius 2 is 1.97 bits per heavy atom. The molecule has 0 fully saturated rings. The van der Waals surface area contributed by atoms with Gasteiger partial charge in [-0.15, -0.1) is 0 Å². The maximum atomic E-state index is 13.4. The molecule has 2 heterocycles. The lowest BCUT2D eigenvalue weighted by atomic mass is 10.0. The summed E-state index contributed by atoms with van der Waals surface area (Å²) >= 11 is 0. The minimum absolute atomic E-state index is 0.0920. The Balaban J connectivity index is 1.97. The molecule has 0 saturated carbocycles. The standard InChI is InChI=1S/C25H33N5O6/c1-16-12-30(25(33)20-11-26-8-9-27-20)17(2)14-36-21-10-18(28-23(31)15-34-4)6-7-19(21)24(32)29(3)13-22(16)35-5/h6-11,16-17,22H,12-15H2,1-5H3,(H,28,31)/t16-,17-,22-/m0/s1. The zero-order valence-corrected chi connectivity index (χ0v) is 21.3. The lowest BCUT2D eigenvalue weighted by Gasteiger charge is -2.35. The van der Waals surface area contributed by atoms with Gasteiger partial charge in [-0.1, -0.05) is 6.92 Å². The van der Waals surface area contributed by atoms with Crippen molar-refractivity contribution in [1.29, 1.82) is 0 Å². The topological polar surface area (TPSA) is 123 Å². The van der Waals surface area contributed by atoms with Gasteiger partial charge in [0, 0.05) is 64.4 Å². The van der Waals surface area contributed by atoms with Gasteiger partial charge in [0.15, 0.2) is 0 Å². The summed E-state index contributed by atoms with van der Waals surface area (Å²) in [6, 6.07) is 4.47. The van der Waals surface area contributed by atoms with Crippen LogP contribution in [0.4, 0.5) is 5.69 Å². The quantitative estimate of drug-likeness (QED) is 0.660. The average molecular weight is 500 g/mol. The van der Waals surface area contributed by atoms with Crippen LogP contribution in [0.3, 0.4) is 0 Å². The number of benzene rings is 1. The number of hydrogen-bond acceptors (Lipinski definition) is 8. The molecule has 1 aromatic carbocycles. The lowest BCUT2D eigenvalue weighted by Crippen LogP contribution is -2.48.